The van der Waals surface area contributed by atoms with E-state index in [0.29, 0.717) is 6.04 Å². The molecule has 0 bridgehead atoms. The van der Waals surface area contributed by atoms with Gasteiger partial charge in [0, 0.05) is 11.8 Å². The van der Waals surface area contributed by atoms with Gasteiger partial charge in [0.15, 0.2) is 0 Å². The van der Waals surface area contributed by atoms with Crippen LogP contribution in [0.3, 0.4) is 0 Å². The predicted molar refractivity (Wildman–Crippen MR) is 66.6 cm³/mol. The van der Waals surface area contributed by atoms with Gasteiger partial charge in [-0.1, -0.05) is 18.5 Å². The summed E-state index contributed by atoms with van der Waals surface area (Å²) >= 11 is 9.59. The van der Waals surface area contributed by atoms with Crippen LogP contribution in [0.1, 0.15) is 18.5 Å². The molecule has 1 aliphatic heterocycles. The maximum atomic E-state index is 5.93. The van der Waals surface area contributed by atoms with E-state index in [1.165, 1.54) is 11.3 Å². The Morgan fingerprint density at radius 3 is 3.07 bits per heavy atom. The maximum Gasteiger partial charge on any atom is 0.0931 e. The largest absolute Gasteiger partial charge is 0.309 e. The third-order valence-electron chi connectivity index (χ3n) is 2.39. The van der Waals surface area contributed by atoms with E-state index in [-0.39, 0.29) is 0 Å². The van der Waals surface area contributed by atoms with Gasteiger partial charge in [-0.3, -0.25) is 0 Å². The Morgan fingerprint density at radius 2 is 2.36 bits per heavy atom. The van der Waals surface area contributed by atoms with Crippen LogP contribution in [0.25, 0.3) is 0 Å². The van der Waals surface area contributed by atoms with Gasteiger partial charge < -0.3 is 5.32 Å². The zero-order chi connectivity index (χ0) is 9.97. The van der Waals surface area contributed by atoms with Crippen LogP contribution in [-0.4, -0.2) is 18.1 Å². The van der Waals surface area contributed by atoms with Gasteiger partial charge in [0.2, 0.25) is 0 Å². The lowest BCUT2D eigenvalue weighted by atomic mass is 10.1. The fourth-order valence-electron chi connectivity index (χ4n) is 1.57. The summed E-state index contributed by atoms with van der Waals surface area (Å²) in [6.07, 6.45) is 0. The molecule has 1 aliphatic rings. The second kappa shape index (κ2) is 4.88. The molecule has 0 radical (unpaired) electrons. The predicted octanol–water partition coefficient (Wildman–Crippen LogP) is 3.42. The lowest BCUT2D eigenvalue weighted by Gasteiger charge is -2.13. The van der Waals surface area contributed by atoms with Crippen molar-refractivity contribution in [2.75, 3.05) is 18.1 Å². The van der Waals surface area contributed by atoms with Crippen molar-refractivity contribution in [2.45, 2.75) is 13.0 Å². The smallest absolute Gasteiger partial charge is 0.0931 e. The van der Waals surface area contributed by atoms with Crippen LogP contribution in [0.5, 0.6) is 0 Å². The second-order valence-electron chi connectivity index (χ2n) is 3.79. The van der Waals surface area contributed by atoms with E-state index < -0.39 is 0 Å². The molecule has 1 N–H and O–H groups in total. The van der Waals surface area contributed by atoms with Crippen LogP contribution in [-0.2, 0) is 0 Å². The molecule has 0 aliphatic carbocycles. The maximum absolute atomic E-state index is 5.93. The zero-order valence-electron chi connectivity index (χ0n) is 8.13. The molecular formula is C10H14ClNS2. The highest BCUT2D eigenvalue weighted by Crippen LogP contribution is 2.29. The molecule has 1 fully saturated rings. The summed E-state index contributed by atoms with van der Waals surface area (Å²) in [4.78, 5) is 0. The molecule has 1 aromatic heterocycles. The topological polar surface area (TPSA) is 12.0 Å². The molecule has 4 heteroatoms. The Kier molecular flexibility index (Phi) is 3.77. The van der Waals surface area contributed by atoms with Crippen molar-refractivity contribution in [3.8, 4) is 0 Å². The molecule has 14 heavy (non-hydrogen) atoms. The number of hydrogen-bond acceptors (Lipinski definition) is 3. The first-order chi connectivity index (χ1) is 6.75. The third-order valence-corrected chi connectivity index (χ3v) is 4.87. The molecule has 78 valence electrons. The molecule has 2 unspecified atom stereocenters. The van der Waals surface area contributed by atoms with Gasteiger partial charge in [-0.2, -0.15) is 11.8 Å². The number of nitrogens with one attached hydrogen (secondary N) is 1. The second-order valence-corrected chi connectivity index (χ2v) is 6.41. The molecule has 2 atom stereocenters. The Balaban J connectivity index is 2.04. The van der Waals surface area contributed by atoms with Crippen LogP contribution >= 0.6 is 34.7 Å². The first-order valence-electron chi connectivity index (χ1n) is 4.81. The first kappa shape index (κ1) is 10.8. The number of rotatable bonds is 1. The Morgan fingerprint density at radius 1 is 1.50 bits per heavy atom. The zero-order valence-corrected chi connectivity index (χ0v) is 10.5. The Bertz CT molecular complexity index is 300. The molecule has 0 aromatic carbocycles. The van der Waals surface area contributed by atoms with Crippen LogP contribution in [0.2, 0.25) is 4.34 Å². The SMILES string of the molecule is CC1CNC(c2csc(Cl)c2)CSC1. The minimum atomic E-state index is 0.494. The van der Waals surface area contributed by atoms with Crippen molar-refractivity contribution in [1.29, 1.82) is 0 Å². The summed E-state index contributed by atoms with van der Waals surface area (Å²) in [5, 5.41) is 5.75. The average molecular weight is 248 g/mol. The van der Waals surface area contributed by atoms with Crippen molar-refractivity contribution in [3.05, 3.63) is 21.3 Å². The molecule has 2 rings (SSSR count). The molecule has 0 amide bonds. The van der Waals surface area contributed by atoms with E-state index >= 15 is 0 Å². The van der Waals surface area contributed by atoms with Gasteiger partial charge in [0.25, 0.3) is 0 Å². The van der Waals surface area contributed by atoms with E-state index in [9.17, 15) is 0 Å². The number of thioether (sulfide) groups is 1. The van der Waals surface area contributed by atoms with E-state index in [2.05, 4.69) is 23.7 Å². The van der Waals surface area contributed by atoms with Gasteiger partial charge in [-0.25, -0.2) is 0 Å². The third kappa shape index (κ3) is 2.66. The first-order valence-corrected chi connectivity index (χ1v) is 7.22. The van der Waals surface area contributed by atoms with Crippen molar-refractivity contribution in [2.24, 2.45) is 5.92 Å². The van der Waals surface area contributed by atoms with Gasteiger partial charge >= 0.3 is 0 Å². The molecule has 1 nitrogen and oxygen atoms in total. The summed E-state index contributed by atoms with van der Waals surface area (Å²) < 4.78 is 0.893. The minimum Gasteiger partial charge on any atom is -0.309 e. The van der Waals surface area contributed by atoms with Crippen molar-refractivity contribution in [3.63, 3.8) is 0 Å². The molecule has 0 spiro atoms. The fourth-order valence-corrected chi connectivity index (χ4v) is 3.72. The lowest BCUT2D eigenvalue weighted by Crippen LogP contribution is -2.25. The highest BCUT2D eigenvalue weighted by molar-refractivity contribution is 7.99. The Hall–Kier alpha value is 0.300. The molecular weight excluding hydrogens is 234 g/mol. The minimum absolute atomic E-state index is 0.494. The quantitative estimate of drug-likeness (QED) is 0.816. The van der Waals surface area contributed by atoms with E-state index in [4.69, 9.17) is 11.6 Å². The number of hydrogen-bond donors (Lipinski definition) is 1. The summed E-state index contributed by atoms with van der Waals surface area (Å²) in [5.41, 5.74) is 1.35. The standard InChI is InChI=1S/C10H14ClNS2/c1-7-3-12-9(6-13-4-7)8-2-10(11)14-5-8/h2,5,7,9,12H,3-4,6H2,1H3. The molecule has 0 saturated carbocycles. The van der Waals surface area contributed by atoms with E-state index in [1.807, 2.05) is 11.8 Å². The van der Waals surface area contributed by atoms with E-state index in [0.717, 1.165) is 22.6 Å². The van der Waals surface area contributed by atoms with Crippen molar-refractivity contribution >= 4 is 34.7 Å². The van der Waals surface area contributed by atoms with Gasteiger partial charge in [-0.15, -0.1) is 11.3 Å². The van der Waals surface area contributed by atoms with E-state index in [1.54, 1.807) is 11.3 Å². The van der Waals surface area contributed by atoms with Crippen LogP contribution in [0.4, 0.5) is 0 Å². The summed E-state index contributed by atoms with van der Waals surface area (Å²) in [7, 11) is 0. The van der Waals surface area contributed by atoms with Gasteiger partial charge in [0.05, 0.1) is 4.34 Å². The monoisotopic (exact) mass is 247 g/mol. The fraction of sp³-hybridized carbons (Fsp3) is 0.600. The number of thiophene rings is 1. The Labute approximate surface area is 98.2 Å². The number of halogens is 1. The summed E-state index contributed by atoms with van der Waals surface area (Å²) in [6.45, 7) is 3.41. The highest BCUT2D eigenvalue weighted by atomic mass is 35.5. The van der Waals surface area contributed by atoms with Crippen LogP contribution in [0, 0.1) is 5.92 Å². The van der Waals surface area contributed by atoms with Crippen LogP contribution in [0.15, 0.2) is 11.4 Å². The lowest BCUT2D eigenvalue weighted by molar-refractivity contribution is 0.518. The molecule has 1 aromatic rings. The van der Waals surface area contributed by atoms with Crippen molar-refractivity contribution < 1.29 is 0 Å². The van der Waals surface area contributed by atoms with Gasteiger partial charge in [-0.05, 0) is 35.2 Å². The van der Waals surface area contributed by atoms with Gasteiger partial charge in [0.1, 0.15) is 0 Å². The average Bonchev–Trinajstić information content (AvgIpc) is 2.46. The highest BCUT2D eigenvalue weighted by Gasteiger charge is 2.17. The van der Waals surface area contributed by atoms with Crippen molar-refractivity contribution in [1.82, 2.24) is 5.32 Å². The summed E-state index contributed by atoms with van der Waals surface area (Å²) in [5.74, 6) is 3.21. The summed E-state index contributed by atoms with van der Waals surface area (Å²) in [6, 6.07) is 2.58. The molecule has 2 heterocycles. The molecule has 1 saturated heterocycles. The van der Waals surface area contributed by atoms with Crippen LogP contribution < -0.4 is 5.32 Å². The normalized spacial score (nSPS) is 28.7.